The predicted octanol–water partition coefficient (Wildman–Crippen LogP) is 1.65. The van der Waals surface area contributed by atoms with Gasteiger partial charge in [0.05, 0.1) is 5.75 Å². The summed E-state index contributed by atoms with van der Waals surface area (Å²) in [7, 11) is 0. The van der Waals surface area contributed by atoms with E-state index in [1.165, 1.54) is 16.7 Å². The van der Waals surface area contributed by atoms with Crippen molar-refractivity contribution in [3.8, 4) is 0 Å². The second kappa shape index (κ2) is 4.79. The van der Waals surface area contributed by atoms with Crippen molar-refractivity contribution in [3.05, 3.63) is 35.4 Å². The van der Waals surface area contributed by atoms with Gasteiger partial charge >= 0.3 is 5.97 Å². The van der Waals surface area contributed by atoms with E-state index in [2.05, 4.69) is 0 Å². The molecule has 0 aliphatic carbocycles. The monoisotopic (exact) mass is 251 g/mol. The third-order valence-electron chi connectivity index (χ3n) is 2.60. The van der Waals surface area contributed by atoms with Crippen LogP contribution in [0.5, 0.6) is 0 Å². The standard InChI is InChI=1S/C12H13NO3S/c1-8-3-2-4-9(5-8)12-13(6-11(15)16)10(14)7-17-12/h2-5,12H,6-7H2,1H3,(H,15,16). The molecule has 1 aromatic rings. The zero-order valence-electron chi connectivity index (χ0n) is 9.42. The van der Waals surface area contributed by atoms with Crippen LogP contribution in [0.1, 0.15) is 16.5 Å². The van der Waals surface area contributed by atoms with E-state index in [-0.39, 0.29) is 17.8 Å². The molecule has 0 saturated carbocycles. The van der Waals surface area contributed by atoms with E-state index in [4.69, 9.17) is 5.11 Å². The second-order valence-corrected chi connectivity index (χ2v) is 5.06. The fraction of sp³-hybridized carbons (Fsp3) is 0.333. The molecule has 1 aromatic carbocycles. The number of carbonyl (C=O) groups excluding carboxylic acids is 1. The number of carboxylic acids is 1. The average Bonchev–Trinajstić information content (AvgIpc) is 2.60. The molecule has 0 bridgehead atoms. The Bertz CT molecular complexity index is 461. The molecular formula is C12H13NO3S. The Labute approximate surface area is 104 Å². The minimum atomic E-state index is -0.974. The van der Waals surface area contributed by atoms with Crippen LogP contribution in [0.2, 0.25) is 0 Å². The van der Waals surface area contributed by atoms with Gasteiger partial charge in [0.15, 0.2) is 0 Å². The number of thioether (sulfide) groups is 1. The maximum atomic E-state index is 11.6. The zero-order valence-corrected chi connectivity index (χ0v) is 10.2. The van der Waals surface area contributed by atoms with Crippen LogP contribution < -0.4 is 0 Å². The van der Waals surface area contributed by atoms with Gasteiger partial charge in [0.2, 0.25) is 5.91 Å². The van der Waals surface area contributed by atoms with Gasteiger partial charge in [-0.15, -0.1) is 11.8 Å². The van der Waals surface area contributed by atoms with Crippen LogP contribution >= 0.6 is 11.8 Å². The number of amides is 1. The van der Waals surface area contributed by atoms with Gasteiger partial charge in [-0.1, -0.05) is 29.8 Å². The van der Waals surface area contributed by atoms with Crippen LogP contribution in [0.3, 0.4) is 0 Å². The summed E-state index contributed by atoms with van der Waals surface area (Å²) < 4.78 is 0. The molecule has 1 unspecified atom stereocenters. The molecule has 0 aromatic heterocycles. The minimum Gasteiger partial charge on any atom is -0.480 e. The van der Waals surface area contributed by atoms with Gasteiger partial charge in [-0.25, -0.2) is 0 Å². The highest BCUT2D eigenvalue weighted by Gasteiger charge is 2.33. The van der Waals surface area contributed by atoms with Crippen molar-refractivity contribution >= 4 is 23.6 Å². The molecule has 2 rings (SSSR count). The Kier molecular flexibility index (Phi) is 3.38. The summed E-state index contributed by atoms with van der Waals surface area (Å²) >= 11 is 1.48. The third-order valence-corrected chi connectivity index (χ3v) is 3.86. The first-order chi connectivity index (χ1) is 8.08. The smallest absolute Gasteiger partial charge is 0.323 e. The van der Waals surface area contributed by atoms with E-state index < -0.39 is 5.97 Å². The molecule has 4 nitrogen and oxygen atoms in total. The van der Waals surface area contributed by atoms with Crippen LogP contribution in [0.4, 0.5) is 0 Å². The highest BCUT2D eigenvalue weighted by Crippen LogP contribution is 2.38. The predicted molar refractivity (Wildman–Crippen MR) is 65.7 cm³/mol. The number of benzene rings is 1. The van der Waals surface area contributed by atoms with Crippen LogP contribution in [0, 0.1) is 6.92 Å². The first kappa shape index (κ1) is 12.0. The topological polar surface area (TPSA) is 57.6 Å². The number of aliphatic carboxylic acids is 1. The maximum absolute atomic E-state index is 11.6. The van der Waals surface area contributed by atoms with Gasteiger partial charge in [0.1, 0.15) is 11.9 Å². The van der Waals surface area contributed by atoms with Gasteiger partial charge in [0.25, 0.3) is 0 Å². The number of hydrogen-bond acceptors (Lipinski definition) is 3. The summed E-state index contributed by atoms with van der Waals surface area (Å²) in [5, 5.41) is 8.64. The van der Waals surface area contributed by atoms with Crippen LogP contribution in [0.15, 0.2) is 24.3 Å². The average molecular weight is 251 g/mol. The second-order valence-electron chi connectivity index (χ2n) is 3.99. The van der Waals surface area contributed by atoms with Crippen molar-refractivity contribution in [2.75, 3.05) is 12.3 Å². The minimum absolute atomic E-state index is 0.107. The number of rotatable bonds is 3. The lowest BCUT2D eigenvalue weighted by molar-refractivity contribution is -0.143. The SMILES string of the molecule is Cc1cccc(C2SCC(=O)N2CC(=O)O)c1. The Morgan fingerprint density at radius 2 is 2.35 bits per heavy atom. The van der Waals surface area contributed by atoms with Gasteiger partial charge in [0, 0.05) is 0 Å². The van der Waals surface area contributed by atoms with Crippen molar-refractivity contribution in [1.82, 2.24) is 4.90 Å². The largest absolute Gasteiger partial charge is 0.480 e. The highest BCUT2D eigenvalue weighted by molar-refractivity contribution is 8.00. The molecule has 0 radical (unpaired) electrons. The molecule has 1 aliphatic heterocycles. The first-order valence-electron chi connectivity index (χ1n) is 5.27. The first-order valence-corrected chi connectivity index (χ1v) is 6.32. The third kappa shape index (κ3) is 2.61. The molecule has 1 fully saturated rings. The van der Waals surface area contributed by atoms with Gasteiger partial charge in [-0.2, -0.15) is 0 Å². The molecule has 5 heteroatoms. The highest BCUT2D eigenvalue weighted by atomic mass is 32.2. The lowest BCUT2D eigenvalue weighted by Gasteiger charge is -2.22. The molecular weight excluding hydrogens is 238 g/mol. The molecule has 1 atom stereocenters. The summed E-state index contributed by atoms with van der Waals surface area (Å²) in [4.78, 5) is 23.8. The molecule has 17 heavy (non-hydrogen) atoms. The number of carboxylic acid groups (broad SMARTS) is 1. The van der Waals surface area contributed by atoms with E-state index in [0.717, 1.165) is 11.1 Å². The number of aryl methyl sites for hydroxylation is 1. The normalized spacial score (nSPS) is 19.7. The Morgan fingerprint density at radius 1 is 1.59 bits per heavy atom. The number of hydrogen-bond donors (Lipinski definition) is 1. The van der Waals surface area contributed by atoms with Gasteiger partial charge in [-0.05, 0) is 12.5 Å². The van der Waals surface area contributed by atoms with Gasteiger partial charge < -0.3 is 10.0 Å². The van der Waals surface area contributed by atoms with Crippen LogP contribution in [0.25, 0.3) is 0 Å². The summed E-state index contributed by atoms with van der Waals surface area (Å²) in [6.07, 6.45) is 0. The lowest BCUT2D eigenvalue weighted by Crippen LogP contribution is -2.33. The van der Waals surface area contributed by atoms with Crippen LogP contribution in [-0.4, -0.2) is 34.2 Å². The van der Waals surface area contributed by atoms with E-state index in [0.29, 0.717) is 5.75 Å². The fourth-order valence-electron chi connectivity index (χ4n) is 1.87. The molecule has 1 heterocycles. The van der Waals surface area contributed by atoms with E-state index >= 15 is 0 Å². The Hall–Kier alpha value is -1.49. The van der Waals surface area contributed by atoms with Crippen molar-refractivity contribution < 1.29 is 14.7 Å². The van der Waals surface area contributed by atoms with Gasteiger partial charge in [-0.3, -0.25) is 9.59 Å². The molecule has 1 aliphatic rings. The summed E-state index contributed by atoms with van der Waals surface area (Å²) in [5.74, 6) is -0.728. The van der Waals surface area contributed by atoms with Crippen molar-refractivity contribution in [3.63, 3.8) is 0 Å². The van der Waals surface area contributed by atoms with Crippen molar-refractivity contribution in [2.45, 2.75) is 12.3 Å². The van der Waals surface area contributed by atoms with E-state index in [1.807, 2.05) is 31.2 Å². The lowest BCUT2D eigenvalue weighted by atomic mass is 10.1. The quantitative estimate of drug-likeness (QED) is 0.887. The summed E-state index contributed by atoms with van der Waals surface area (Å²) in [6.45, 7) is 1.75. The molecule has 1 amide bonds. The molecule has 1 saturated heterocycles. The molecule has 0 spiro atoms. The summed E-state index contributed by atoms with van der Waals surface area (Å²) in [6, 6.07) is 7.82. The van der Waals surface area contributed by atoms with Crippen molar-refractivity contribution in [1.29, 1.82) is 0 Å². The Morgan fingerprint density at radius 3 is 3.00 bits per heavy atom. The molecule has 90 valence electrons. The zero-order chi connectivity index (χ0) is 12.4. The van der Waals surface area contributed by atoms with E-state index in [1.54, 1.807) is 0 Å². The van der Waals surface area contributed by atoms with E-state index in [9.17, 15) is 9.59 Å². The fourth-order valence-corrected chi connectivity index (χ4v) is 3.05. The summed E-state index contributed by atoms with van der Waals surface area (Å²) in [5.41, 5.74) is 2.10. The number of carbonyl (C=O) groups is 2. The van der Waals surface area contributed by atoms with Crippen LogP contribution in [-0.2, 0) is 9.59 Å². The van der Waals surface area contributed by atoms with Crippen molar-refractivity contribution in [2.24, 2.45) is 0 Å². The Balaban J connectivity index is 2.25. The number of nitrogens with zero attached hydrogens (tertiary/aromatic N) is 1. The maximum Gasteiger partial charge on any atom is 0.323 e. The molecule has 1 N–H and O–H groups in total.